The van der Waals surface area contributed by atoms with Crippen molar-refractivity contribution in [2.75, 3.05) is 4.90 Å². The summed E-state index contributed by atoms with van der Waals surface area (Å²) in [5.41, 5.74) is 12.3. The molecular weight excluding hydrogens is 655 g/mol. The molecule has 0 unspecified atom stereocenters. The van der Waals surface area contributed by atoms with Gasteiger partial charge in [-0.05, 0) is 103 Å². The van der Waals surface area contributed by atoms with Gasteiger partial charge in [-0.2, -0.15) is 0 Å². The summed E-state index contributed by atoms with van der Waals surface area (Å²) in [6.07, 6.45) is 0. The number of rotatable bonds is 7. The van der Waals surface area contributed by atoms with Crippen LogP contribution < -0.4 is 4.90 Å². The van der Waals surface area contributed by atoms with Crippen molar-refractivity contribution < 1.29 is 4.42 Å². The molecule has 0 radical (unpaired) electrons. The molecule has 0 saturated carbocycles. The Morgan fingerprint density at radius 1 is 0.315 bits per heavy atom. The highest BCUT2D eigenvalue weighted by molar-refractivity contribution is 6.09. The second-order valence-electron chi connectivity index (χ2n) is 13.7. The van der Waals surface area contributed by atoms with Crippen LogP contribution in [0.1, 0.15) is 0 Å². The highest BCUT2D eigenvalue weighted by atomic mass is 16.3. The van der Waals surface area contributed by atoms with Crippen molar-refractivity contribution in [2.45, 2.75) is 0 Å². The Morgan fingerprint density at radius 2 is 0.852 bits per heavy atom. The molecule has 0 aliphatic heterocycles. The number of anilines is 3. The van der Waals surface area contributed by atoms with Gasteiger partial charge >= 0.3 is 0 Å². The molecule has 1 heterocycles. The van der Waals surface area contributed by atoms with Crippen LogP contribution in [0, 0.1) is 0 Å². The number of hydrogen-bond acceptors (Lipinski definition) is 2. The highest BCUT2D eigenvalue weighted by Crippen LogP contribution is 2.44. The van der Waals surface area contributed by atoms with E-state index >= 15 is 0 Å². The molecule has 0 amide bonds. The van der Waals surface area contributed by atoms with E-state index in [0.717, 1.165) is 44.9 Å². The SMILES string of the molecule is c1ccc(-c2ccccc2-c2ccccc2-c2ccc(N(c3ccc4c(ccc5ccccc54)c3)c3ccccc3-c3cc4ccccc4o3)cc2)cc1. The first-order valence-electron chi connectivity index (χ1n) is 18.4. The molecule has 10 aromatic rings. The molecule has 0 fully saturated rings. The smallest absolute Gasteiger partial charge is 0.137 e. The Kier molecular flexibility index (Phi) is 7.85. The lowest BCUT2D eigenvalue weighted by molar-refractivity contribution is 0.631. The number of fused-ring (bicyclic) bond motifs is 4. The third kappa shape index (κ3) is 5.62. The van der Waals surface area contributed by atoms with E-state index in [0.29, 0.717) is 0 Å². The Balaban J connectivity index is 1.12. The van der Waals surface area contributed by atoms with E-state index in [1.165, 1.54) is 49.4 Å². The molecule has 0 N–H and O–H groups in total. The van der Waals surface area contributed by atoms with Crippen LogP contribution in [0.15, 0.2) is 217 Å². The lowest BCUT2D eigenvalue weighted by Gasteiger charge is -2.28. The van der Waals surface area contributed by atoms with E-state index in [-0.39, 0.29) is 0 Å². The molecule has 0 aliphatic carbocycles. The molecule has 1 aromatic heterocycles. The van der Waals surface area contributed by atoms with Crippen LogP contribution in [0.5, 0.6) is 0 Å². The minimum absolute atomic E-state index is 0.839. The molecule has 10 rings (SSSR count). The molecule has 2 heteroatoms. The van der Waals surface area contributed by atoms with Gasteiger partial charge in [-0.1, -0.05) is 164 Å². The summed E-state index contributed by atoms with van der Waals surface area (Å²) >= 11 is 0. The lowest BCUT2D eigenvalue weighted by Crippen LogP contribution is -2.11. The third-order valence-corrected chi connectivity index (χ3v) is 10.5. The van der Waals surface area contributed by atoms with Crippen LogP contribution in [-0.2, 0) is 0 Å². The number of para-hydroxylation sites is 2. The molecule has 0 saturated heterocycles. The van der Waals surface area contributed by atoms with E-state index in [1.54, 1.807) is 0 Å². The van der Waals surface area contributed by atoms with E-state index in [1.807, 2.05) is 12.1 Å². The Hall–Kier alpha value is -7.16. The lowest BCUT2D eigenvalue weighted by atomic mass is 9.89. The molecule has 0 aliphatic rings. The van der Waals surface area contributed by atoms with Gasteiger partial charge in [-0.15, -0.1) is 0 Å². The van der Waals surface area contributed by atoms with Crippen molar-refractivity contribution in [2.24, 2.45) is 0 Å². The zero-order valence-electron chi connectivity index (χ0n) is 29.6. The highest BCUT2D eigenvalue weighted by Gasteiger charge is 2.20. The van der Waals surface area contributed by atoms with Gasteiger partial charge in [-0.3, -0.25) is 0 Å². The first-order chi connectivity index (χ1) is 26.8. The van der Waals surface area contributed by atoms with Crippen LogP contribution in [-0.4, -0.2) is 0 Å². The van der Waals surface area contributed by atoms with Crippen LogP contribution in [0.2, 0.25) is 0 Å². The molecule has 54 heavy (non-hydrogen) atoms. The zero-order chi connectivity index (χ0) is 35.8. The standard InChI is InChI=1S/C52H35NO/c1-2-14-36(15-3-1)44-19-7-9-21-47(44)48-22-10-8-20-45(48)38-28-30-41(31-29-38)53(42-32-33-46-39(34-42)27-26-37-16-4-6-18-43(37)46)50-24-12-11-23-49(50)52-35-40-17-5-13-25-51(40)54-52/h1-35H. The summed E-state index contributed by atoms with van der Waals surface area (Å²) in [5.74, 6) is 0.839. The van der Waals surface area contributed by atoms with Gasteiger partial charge in [0.25, 0.3) is 0 Å². The van der Waals surface area contributed by atoms with Crippen LogP contribution in [0.25, 0.3) is 77.2 Å². The maximum Gasteiger partial charge on any atom is 0.137 e. The molecule has 254 valence electrons. The predicted octanol–water partition coefficient (Wildman–Crippen LogP) is 14.9. The molecule has 0 atom stereocenters. The zero-order valence-corrected chi connectivity index (χ0v) is 29.6. The van der Waals surface area contributed by atoms with Gasteiger partial charge in [0, 0.05) is 22.3 Å². The average molecular weight is 690 g/mol. The molecule has 9 aromatic carbocycles. The van der Waals surface area contributed by atoms with Crippen LogP contribution in [0.4, 0.5) is 17.1 Å². The van der Waals surface area contributed by atoms with Gasteiger partial charge in [-0.25, -0.2) is 0 Å². The summed E-state index contributed by atoms with van der Waals surface area (Å²) in [6.45, 7) is 0. The van der Waals surface area contributed by atoms with Crippen molar-refractivity contribution in [1.82, 2.24) is 0 Å². The maximum atomic E-state index is 6.48. The minimum Gasteiger partial charge on any atom is -0.456 e. The largest absolute Gasteiger partial charge is 0.456 e. The Morgan fingerprint density at radius 3 is 1.59 bits per heavy atom. The van der Waals surface area contributed by atoms with Crippen LogP contribution >= 0.6 is 0 Å². The number of hydrogen-bond donors (Lipinski definition) is 0. The summed E-state index contributed by atoms with van der Waals surface area (Å²) in [6, 6.07) is 75.8. The topological polar surface area (TPSA) is 16.4 Å². The number of benzene rings is 9. The van der Waals surface area contributed by atoms with E-state index in [2.05, 4.69) is 205 Å². The third-order valence-electron chi connectivity index (χ3n) is 10.5. The second-order valence-corrected chi connectivity index (χ2v) is 13.7. The average Bonchev–Trinajstić information content (AvgIpc) is 3.69. The fourth-order valence-corrected chi connectivity index (χ4v) is 7.91. The fraction of sp³-hybridized carbons (Fsp3) is 0. The minimum atomic E-state index is 0.839. The van der Waals surface area contributed by atoms with Gasteiger partial charge in [0.05, 0.1) is 5.69 Å². The summed E-state index contributed by atoms with van der Waals surface area (Å²) in [5, 5.41) is 6.02. The van der Waals surface area contributed by atoms with Crippen molar-refractivity contribution in [3.8, 4) is 44.7 Å². The van der Waals surface area contributed by atoms with E-state index < -0.39 is 0 Å². The quantitative estimate of drug-likeness (QED) is 0.155. The summed E-state index contributed by atoms with van der Waals surface area (Å²) in [7, 11) is 0. The normalized spacial score (nSPS) is 11.3. The van der Waals surface area contributed by atoms with Crippen molar-refractivity contribution in [1.29, 1.82) is 0 Å². The molecule has 0 bridgehead atoms. The van der Waals surface area contributed by atoms with Crippen LogP contribution in [0.3, 0.4) is 0 Å². The summed E-state index contributed by atoms with van der Waals surface area (Å²) in [4.78, 5) is 2.36. The van der Waals surface area contributed by atoms with Crippen molar-refractivity contribution >= 4 is 49.6 Å². The number of nitrogens with zero attached hydrogens (tertiary/aromatic N) is 1. The monoisotopic (exact) mass is 689 g/mol. The Labute approximate surface area is 314 Å². The second kappa shape index (κ2) is 13.4. The van der Waals surface area contributed by atoms with Gasteiger partial charge in [0.15, 0.2) is 0 Å². The molecule has 0 spiro atoms. The predicted molar refractivity (Wildman–Crippen MR) is 228 cm³/mol. The fourth-order valence-electron chi connectivity index (χ4n) is 7.91. The van der Waals surface area contributed by atoms with Crippen molar-refractivity contribution in [3.63, 3.8) is 0 Å². The van der Waals surface area contributed by atoms with E-state index in [9.17, 15) is 0 Å². The molecule has 2 nitrogen and oxygen atoms in total. The molecular formula is C52H35NO. The van der Waals surface area contributed by atoms with E-state index in [4.69, 9.17) is 4.42 Å². The van der Waals surface area contributed by atoms with Gasteiger partial charge in [0.1, 0.15) is 11.3 Å². The van der Waals surface area contributed by atoms with Crippen molar-refractivity contribution in [3.05, 3.63) is 212 Å². The number of furan rings is 1. The van der Waals surface area contributed by atoms with Gasteiger partial charge < -0.3 is 9.32 Å². The summed E-state index contributed by atoms with van der Waals surface area (Å²) < 4.78 is 6.48. The maximum absolute atomic E-state index is 6.48. The first-order valence-corrected chi connectivity index (χ1v) is 18.4. The van der Waals surface area contributed by atoms with Gasteiger partial charge in [0.2, 0.25) is 0 Å². The first kappa shape index (κ1) is 31.6. The Bertz CT molecular complexity index is 2910.